The second kappa shape index (κ2) is 10.7. The van der Waals surface area contributed by atoms with E-state index in [1.165, 1.54) is 6.07 Å². The molecule has 10 heteroatoms. The molecule has 0 aromatic heterocycles. The zero-order chi connectivity index (χ0) is 15.3. The van der Waals surface area contributed by atoms with Gasteiger partial charge in [0.05, 0.1) is 12.0 Å². The van der Waals surface area contributed by atoms with E-state index >= 15 is 0 Å². The maximum Gasteiger partial charge on any atom is 0.241 e. The summed E-state index contributed by atoms with van der Waals surface area (Å²) in [6.07, 6.45) is 0. The molecule has 2 N–H and O–H groups in total. The lowest BCUT2D eigenvalue weighted by Crippen LogP contribution is -2.46. The van der Waals surface area contributed by atoms with Crippen LogP contribution in [0.5, 0.6) is 5.75 Å². The van der Waals surface area contributed by atoms with Crippen LogP contribution in [0.3, 0.4) is 0 Å². The number of rotatable bonds is 6. The summed E-state index contributed by atoms with van der Waals surface area (Å²) in [6.45, 7) is 4.94. The Labute approximate surface area is 158 Å². The molecule has 2 rings (SSSR count). The van der Waals surface area contributed by atoms with Crippen molar-refractivity contribution in [1.82, 2.24) is 14.9 Å². The molecule has 23 heavy (non-hydrogen) atoms. The first-order valence-electron chi connectivity index (χ1n) is 6.79. The molecule has 0 unspecified atom stereocenters. The molecular formula is C13H22BrCl2N3O3S. The highest BCUT2D eigenvalue weighted by atomic mass is 79.9. The van der Waals surface area contributed by atoms with E-state index in [-0.39, 0.29) is 29.7 Å². The molecule has 0 spiro atoms. The average Bonchev–Trinajstić information content (AvgIpc) is 2.47. The maximum atomic E-state index is 12.3. The Bertz CT molecular complexity index is 584. The van der Waals surface area contributed by atoms with Gasteiger partial charge in [-0.25, -0.2) is 13.1 Å². The van der Waals surface area contributed by atoms with Gasteiger partial charge < -0.3 is 10.1 Å². The SMILES string of the molecule is COc1ccc(S(=O)(=O)NCCN2CCNCC2)c(Br)c1.Cl.Cl. The number of nitrogens with zero attached hydrogens (tertiary/aromatic N) is 1. The number of nitrogens with one attached hydrogen (secondary N) is 2. The summed E-state index contributed by atoms with van der Waals surface area (Å²) in [6, 6.07) is 4.82. The standard InChI is InChI=1S/C13H20BrN3O3S.2ClH/c1-20-11-2-3-13(12(14)10-11)21(18,19)16-6-9-17-7-4-15-5-8-17;;/h2-3,10,15-16H,4-9H2,1H3;2*1H. The van der Waals surface area contributed by atoms with Gasteiger partial charge in [-0.15, -0.1) is 24.8 Å². The van der Waals surface area contributed by atoms with Crippen LogP contribution in [-0.4, -0.2) is 59.7 Å². The van der Waals surface area contributed by atoms with Crippen LogP contribution < -0.4 is 14.8 Å². The molecule has 1 fully saturated rings. The third kappa shape index (κ3) is 6.74. The molecule has 1 heterocycles. The van der Waals surface area contributed by atoms with Gasteiger partial charge >= 0.3 is 0 Å². The summed E-state index contributed by atoms with van der Waals surface area (Å²) in [5.41, 5.74) is 0. The number of sulfonamides is 1. The Morgan fingerprint density at radius 1 is 1.30 bits per heavy atom. The van der Waals surface area contributed by atoms with Gasteiger partial charge in [0.2, 0.25) is 10.0 Å². The number of ether oxygens (including phenoxy) is 1. The minimum Gasteiger partial charge on any atom is -0.497 e. The zero-order valence-electron chi connectivity index (χ0n) is 12.7. The molecule has 1 aliphatic rings. The van der Waals surface area contributed by atoms with Crippen molar-refractivity contribution in [2.24, 2.45) is 0 Å². The maximum absolute atomic E-state index is 12.3. The van der Waals surface area contributed by atoms with Crippen molar-refractivity contribution >= 4 is 50.8 Å². The van der Waals surface area contributed by atoms with Gasteiger partial charge in [0.25, 0.3) is 0 Å². The van der Waals surface area contributed by atoms with Crippen LogP contribution in [0.1, 0.15) is 0 Å². The van der Waals surface area contributed by atoms with Gasteiger partial charge in [-0.3, -0.25) is 4.90 Å². The van der Waals surface area contributed by atoms with Crippen molar-refractivity contribution in [2.45, 2.75) is 4.90 Å². The lowest BCUT2D eigenvalue weighted by atomic mass is 10.3. The second-order valence-electron chi connectivity index (χ2n) is 4.79. The van der Waals surface area contributed by atoms with Gasteiger partial charge in [-0.2, -0.15) is 0 Å². The minimum atomic E-state index is -3.51. The fraction of sp³-hybridized carbons (Fsp3) is 0.538. The molecule has 1 aromatic carbocycles. The van der Waals surface area contributed by atoms with Crippen LogP contribution in [0, 0.1) is 0 Å². The highest BCUT2D eigenvalue weighted by Crippen LogP contribution is 2.26. The minimum absolute atomic E-state index is 0. The molecule has 0 radical (unpaired) electrons. The molecule has 6 nitrogen and oxygen atoms in total. The summed E-state index contributed by atoms with van der Waals surface area (Å²) in [5, 5.41) is 3.27. The third-order valence-electron chi connectivity index (χ3n) is 3.36. The molecule has 0 bridgehead atoms. The molecule has 0 atom stereocenters. The quantitative estimate of drug-likeness (QED) is 0.686. The topological polar surface area (TPSA) is 70.7 Å². The summed E-state index contributed by atoms with van der Waals surface area (Å²) in [7, 11) is -1.97. The van der Waals surface area contributed by atoms with Gasteiger partial charge in [0, 0.05) is 43.7 Å². The molecule has 0 aliphatic carbocycles. The van der Waals surface area contributed by atoms with Gasteiger partial charge in [-0.1, -0.05) is 0 Å². The number of hydrogen-bond acceptors (Lipinski definition) is 5. The van der Waals surface area contributed by atoms with E-state index in [1.807, 2.05) is 0 Å². The predicted octanol–water partition coefficient (Wildman–Crippen LogP) is 1.48. The summed E-state index contributed by atoms with van der Waals surface area (Å²) in [5.74, 6) is 0.613. The highest BCUT2D eigenvalue weighted by Gasteiger charge is 2.18. The van der Waals surface area contributed by atoms with Crippen LogP contribution in [0.15, 0.2) is 27.6 Å². The number of halogens is 3. The Morgan fingerprint density at radius 2 is 1.96 bits per heavy atom. The smallest absolute Gasteiger partial charge is 0.241 e. The number of hydrogen-bond donors (Lipinski definition) is 2. The fourth-order valence-corrected chi connectivity index (χ4v) is 4.25. The number of piperazine rings is 1. The summed E-state index contributed by atoms with van der Waals surface area (Å²) in [4.78, 5) is 2.46. The van der Waals surface area contributed by atoms with E-state index in [0.29, 0.717) is 23.3 Å². The monoisotopic (exact) mass is 449 g/mol. The molecule has 1 aromatic rings. The van der Waals surface area contributed by atoms with E-state index in [2.05, 4.69) is 30.9 Å². The normalized spacial score (nSPS) is 15.4. The van der Waals surface area contributed by atoms with Crippen molar-refractivity contribution in [2.75, 3.05) is 46.4 Å². The zero-order valence-corrected chi connectivity index (χ0v) is 16.8. The Hall–Kier alpha value is -0.0900. The molecule has 134 valence electrons. The molecular weight excluding hydrogens is 429 g/mol. The van der Waals surface area contributed by atoms with Crippen molar-refractivity contribution < 1.29 is 13.2 Å². The fourth-order valence-electron chi connectivity index (χ4n) is 2.18. The second-order valence-corrected chi connectivity index (χ2v) is 7.38. The molecule has 1 aliphatic heterocycles. The summed E-state index contributed by atoms with van der Waals surface area (Å²) >= 11 is 3.27. The van der Waals surface area contributed by atoms with Gasteiger partial charge in [0.1, 0.15) is 5.75 Å². The molecule has 0 amide bonds. The van der Waals surface area contributed by atoms with Crippen molar-refractivity contribution in [3.05, 3.63) is 22.7 Å². The lowest BCUT2D eigenvalue weighted by molar-refractivity contribution is 0.245. The van der Waals surface area contributed by atoms with Crippen LogP contribution in [-0.2, 0) is 10.0 Å². The van der Waals surface area contributed by atoms with E-state index in [4.69, 9.17) is 4.74 Å². The van der Waals surface area contributed by atoms with Crippen LogP contribution in [0.25, 0.3) is 0 Å². The van der Waals surface area contributed by atoms with E-state index < -0.39 is 10.0 Å². The first-order valence-corrected chi connectivity index (χ1v) is 9.07. The highest BCUT2D eigenvalue weighted by molar-refractivity contribution is 9.10. The van der Waals surface area contributed by atoms with Gasteiger partial charge in [0.15, 0.2) is 0 Å². The first kappa shape index (κ1) is 22.9. The third-order valence-corrected chi connectivity index (χ3v) is 5.80. The van der Waals surface area contributed by atoms with Crippen molar-refractivity contribution in [3.63, 3.8) is 0 Å². The number of methoxy groups -OCH3 is 1. The van der Waals surface area contributed by atoms with E-state index in [9.17, 15) is 8.42 Å². The molecule has 1 saturated heterocycles. The first-order chi connectivity index (χ1) is 10.0. The van der Waals surface area contributed by atoms with E-state index in [1.54, 1.807) is 19.2 Å². The Balaban J connectivity index is 0.00000242. The van der Waals surface area contributed by atoms with Crippen LogP contribution in [0.2, 0.25) is 0 Å². The lowest BCUT2D eigenvalue weighted by Gasteiger charge is -2.27. The predicted molar refractivity (Wildman–Crippen MR) is 99.7 cm³/mol. The van der Waals surface area contributed by atoms with Gasteiger partial charge in [-0.05, 0) is 34.1 Å². The average molecular weight is 451 g/mol. The molecule has 0 saturated carbocycles. The summed E-state index contributed by atoms with van der Waals surface area (Å²) < 4.78 is 32.8. The van der Waals surface area contributed by atoms with E-state index in [0.717, 1.165) is 26.2 Å². The number of benzene rings is 1. The Morgan fingerprint density at radius 3 is 2.52 bits per heavy atom. The van der Waals surface area contributed by atoms with Crippen LogP contribution in [0.4, 0.5) is 0 Å². The largest absolute Gasteiger partial charge is 0.497 e. The van der Waals surface area contributed by atoms with Crippen LogP contribution >= 0.6 is 40.7 Å². The van der Waals surface area contributed by atoms with Crippen molar-refractivity contribution in [3.8, 4) is 5.75 Å². The Kier molecular flexibility index (Phi) is 10.7. The van der Waals surface area contributed by atoms with Crippen molar-refractivity contribution in [1.29, 1.82) is 0 Å².